The number of pyridine rings is 1. The van der Waals surface area contributed by atoms with Crippen molar-refractivity contribution in [3.05, 3.63) is 41.5 Å². The fraction of sp³-hybridized carbons (Fsp3) is 0.545. The Kier molecular flexibility index (Phi) is 7.70. The Labute approximate surface area is 178 Å². The van der Waals surface area contributed by atoms with Crippen LogP contribution in [0.25, 0.3) is 0 Å². The Balaban J connectivity index is 1.48. The highest BCUT2D eigenvalue weighted by molar-refractivity contribution is 5.78. The summed E-state index contributed by atoms with van der Waals surface area (Å²) >= 11 is 0. The number of aryl methyl sites for hydroxylation is 2. The lowest BCUT2D eigenvalue weighted by atomic mass is 9.93. The molecule has 8 nitrogen and oxygen atoms in total. The van der Waals surface area contributed by atoms with Crippen LogP contribution in [0.15, 0.2) is 24.4 Å². The second kappa shape index (κ2) is 10.4. The number of amides is 1. The lowest BCUT2D eigenvalue weighted by Gasteiger charge is -2.31. The number of carbonyl (C=O) groups is 1. The Morgan fingerprint density at radius 1 is 1.23 bits per heavy atom. The number of hydrogen-bond donors (Lipinski definition) is 2. The van der Waals surface area contributed by atoms with E-state index in [1.165, 1.54) is 0 Å². The third-order valence-corrected chi connectivity index (χ3v) is 5.22. The molecule has 1 amide bonds. The molecule has 30 heavy (non-hydrogen) atoms. The van der Waals surface area contributed by atoms with E-state index in [9.17, 15) is 4.79 Å². The maximum absolute atomic E-state index is 12.1. The standard InChI is InChI=1S/C22H32N6O2/c1-15-11-16(2)26-22(25-15)27-19-5-6-20(23-12-19)18-7-9-28(10-8-18)13-21(29)24-17(3)14-30-4/h5-6,11-12,17-18H,7-10,13-14H2,1-4H3,(H,24,29)(H,25,26,27). The molecule has 2 N–H and O–H groups in total. The van der Waals surface area contributed by atoms with Gasteiger partial charge in [0.25, 0.3) is 0 Å². The number of hydrogen-bond acceptors (Lipinski definition) is 7. The van der Waals surface area contributed by atoms with Crippen molar-refractivity contribution >= 4 is 17.5 Å². The van der Waals surface area contributed by atoms with E-state index < -0.39 is 0 Å². The average molecular weight is 413 g/mol. The van der Waals surface area contributed by atoms with E-state index in [1.54, 1.807) is 7.11 Å². The normalized spacial score (nSPS) is 16.3. The van der Waals surface area contributed by atoms with Gasteiger partial charge in [0.15, 0.2) is 0 Å². The molecule has 162 valence electrons. The van der Waals surface area contributed by atoms with Gasteiger partial charge in [0.05, 0.1) is 25.0 Å². The number of nitrogens with one attached hydrogen (secondary N) is 2. The van der Waals surface area contributed by atoms with Crippen molar-refractivity contribution in [2.45, 2.75) is 45.6 Å². The third kappa shape index (κ3) is 6.47. The van der Waals surface area contributed by atoms with Crippen LogP contribution in [-0.2, 0) is 9.53 Å². The molecule has 1 aliphatic heterocycles. The molecule has 2 aromatic rings. The van der Waals surface area contributed by atoms with Crippen molar-refractivity contribution < 1.29 is 9.53 Å². The van der Waals surface area contributed by atoms with Crippen LogP contribution in [0.2, 0.25) is 0 Å². The number of likely N-dealkylation sites (tertiary alicyclic amines) is 1. The molecule has 0 aliphatic carbocycles. The van der Waals surface area contributed by atoms with Crippen LogP contribution in [0.4, 0.5) is 11.6 Å². The molecule has 0 spiro atoms. The number of carbonyl (C=O) groups excluding carboxylic acids is 1. The summed E-state index contributed by atoms with van der Waals surface area (Å²) in [6, 6.07) is 6.08. The summed E-state index contributed by atoms with van der Waals surface area (Å²) in [5, 5.41) is 6.19. The van der Waals surface area contributed by atoms with Crippen LogP contribution < -0.4 is 10.6 Å². The van der Waals surface area contributed by atoms with Gasteiger partial charge in [-0.05, 0) is 64.9 Å². The van der Waals surface area contributed by atoms with Gasteiger partial charge in [-0.1, -0.05) is 0 Å². The zero-order valence-corrected chi connectivity index (χ0v) is 18.3. The van der Waals surface area contributed by atoms with Crippen LogP contribution in [0.1, 0.15) is 42.8 Å². The molecular formula is C22H32N6O2. The maximum atomic E-state index is 12.1. The molecule has 1 unspecified atom stereocenters. The average Bonchev–Trinajstić information content (AvgIpc) is 2.68. The van der Waals surface area contributed by atoms with E-state index >= 15 is 0 Å². The maximum Gasteiger partial charge on any atom is 0.234 e. The van der Waals surface area contributed by atoms with E-state index in [0.29, 0.717) is 25.0 Å². The van der Waals surface area contributed by atoms with Crippen LogP contribution >= 0.6 is 0 Å². The molecule has 1 atom stereocenters. The number of rotatable bonds is 8. The van der Waals surface area contributed by atoms with Gasteiger partial charge in [-0.25, -0.2) is 9.97 Å². The Bertz CT molecular complexity index is 814. The number of methoxy groups -OCH3 is 1. The molecular weight excluding hydrogens is 380 g/mol. The van der Waals surface area contributed by atoms with E-state index in [-0.39, 0.29) is 11.9 Å². The summed E-state index contributed by atoms with van der Waals surface area (Å²) in [5.74, 6) is 1.07. The van der Waals surface area contributed by atoms with Crippen molar-refractivity contribution in [1.82, 2.24) is 25.2 Å². The summed E-state index contributed by atoms with van der Waals surface area (Å²) in [5.41, 5.74) is 3.84. The largest absolute Gasteiger partial charge is 0.383 e. The van der Waals surface area contributed by atoms with Gasteiger partial charge in [-0.3, -0.25) is 14.7 Å². The Hall–Kier alpha value is -2.58. The summed E-state index contributed by atoms with van der Waals surface area (Å²) in [6.45, 7) is 8.62. The molecule has 2 aromatic heterocycles. The highest BCUT2D eigenvalue weighted by atomic mass is 16.5. The van der Waals surface area contributed by atoms with Gasteiger partial charge >= 0.3 is 0 Å². The molecule has 0 bridgehead atoms. The summed E-state index contributed by atoms with van der Waals surface area (Å²) in [6.07, 6.45) is 3.84. The smallest absolute Gasteiger partial charge is 0.234 e. The van der Waals surface area contributed by atoms with Crippen molar-refractivity contribution in [3.8, 4) is 0 Å². The molecule has 0 aromatic carbocycles. The molecule has 3 rings (SSSR count). The van der Waals surface area contributed by atoms with Crippen molar-refractivity contribution in [3.63, 3.8) is 0 Å². The van der Waals surface area contributed by atoms with Gasteiger partial charge < -0.3 is 15.4 Å². The molecule has 1 fully saturated rings. The van der Waals surface area contributed by atoms with E-state index in [1.807, 2.05) is 39.1 Å². The predicted octanol–water partition coefficient (Wildman–Crippen LogP) is 2.56. The highest BCUT2D eigenvalue weighted by Crippen LogP contribution is 2.27. The molecule has 3 heterocycles. The van der Waals surface area contributed by atoms with Crippen LogP contribution in [0.5, 0.6) is 0 Å². The fourth-order valence-electron chi connectivity index (χ4n) is 3.83. The second-order valence-electron chi connectivity index (χ2n) is 8.05. The lowest BCUT2D eigenvalue weighted by Crippen LogP contribution is -2.44. The first-order valence-electron chi connectivity index (χ1n) is 10.5. The predicted molar refractivity (Wildman–Crippen MR) is 117 cm³/mol. The van der Waals surface area contributed by atoms with Gasteiger partial charge in [0.2, 0.25) is 11.9 Å². The molecule has 1 saturated heterocycles. The second-order valence-corrected chi connectivity index (χ2v) is 8.05. The minimum Gasteiger partial charge on any atom is -0.383 e. The molecule has 0 radical (unpaired) electrons. The van der Waals surface area contributed by atoms with E-state index in [4.69, 9.17) is 4.74 Å². The number of ether oxygens (including phenoxy) is 1. The fourth-order valence-corrected chi connectivity index (χ4v) is 3.83. The zero-order chi connectivity index (χ0) is 21.5. The van der Waals surface area contributed by atoms with E-state index in [0.717, 1.165) is 48.7 Å². The Morgan fingerprint density at radius 3 is 2.53 bits per heavy atom. The van der Waals surface area contributed by atoms with Crippen molar-refractivity contribution in [1.29, 1.82) is 0 Å². The van der Waals surface area contributed by atoms with Gasteiger partial charge in [0.1, 0.15) is 0 Å². The van der Waals surface area contributed by atoms with Gasteiger partial charge in [-0.15, -0.1) is 0 Å². The summed E-state index contributed by atoms with van der Waals surface area (Å²) in [7, 11) is 1.64. The summed E-state index contributed by atoms with van der Waals surface area (Å²) in [4.78, 5) is 27.8. The monoisotopic (exact) mass is 412 g/mol. The first kappa shape index (κ1) is 22.1. The SMILES string of the molecule is COCC(C)NC(=O)CN1CCC(c2ccc(Nc3nc(C)cc(C)n3)cn2)CC1. The lowest BCUT2D eigenvalue weighted by molar-refractivity contribution is -0.123. The molecule has 1 aliphatic rings. The third-order valence-electron chi connectivity index (χ3n) is 5.22. The van der Waals surface area contributed by atoms with Crippen LogP contribution in [-0.4, -0.2) is 65.2 Å². The topological polar surface area (TPSA) is 92.3 Å². The quantitative estimate of drug-likeness (QED) is 0.688. The first-order chi connectivity index (χ1) is 14.4. The minimum absolute atomic E-state index is 0.0329. The minimum atomic E-state index is 0.0329. The summed E-state index contributed by atoms with van der Waals surface area (Å²) < 4.78 is 5.06. The Morgan fingerprint density at radius 2 is 1.93 bits per heavy atom. The van der Waals surface area contributed by atoms with Crippen molar-refractivity contribution in [2.24, 2.45) is 0 Å². The van der Waals surface area contributed by atoms with Crippen LogP contribution in [0.3, 0.4) is 0 Å². The van der Waals surface area contributed by atoms with Crippen molar-refractivity contribution in [2.75, 3.05) is 38.7 Å². The zero-order valence-electron chi connectivity index (χ0n) is 18.3. The van der Waals surface area contributed by atoms with E-state index in [2.05, 4.69) is 36.6 Å². The number of nitrogens with zero attached hydrogens (tertiary/aromatic N) is 4. The van der Waals surface area contributed by atoms with Gasteiger partial charge in [0, 0.05) is 36.2 Å². The van der Waals surface area contributed by atoms with Gasteiger partial charge in [-0.2, -0.15) is 0 Å². The molecule has 8 heteroatoms. The first-order valence-corrected chi connectivity index (χ1v) is 10.5. The highest BCUT2D eigenvalue weighted by Gasteiger charge is 2.23. The number of anilines is 2. The number of aromatic nitrogens is 3. The number of piperidine rings is 1. The molecule has 0 saturated carbocycles. The van der Waals surface area contributed by atoms with Crippen LogP contribution in [0, 0.1) is 13.8 Å².